The fourth-order valence-electron chi connectivity index (χ4n) is 7.95. The molecule has 1 saturated heterocycles. The molecule has 1 amide bonds. The maximum absolute atomic E-state index is 13.9. The van der Waals surface area contributed by atoms with Crippen molar-refractivity contribution in [2.24, 2.45) is 23.2 Å². The van der Waals surface area contributed by atoms with E-state index < -0.39 is 17.8 Å². The fourth-order valence-corrected chi connectivity index (χ4v) is 8.36. The van der Waals surface area contributed by atoms with E-state index in [9.17, 15) is 18.0 Å². The Bertz CT molecular complexity index is 1110. The van der Waals surface area contributed by atoms with Crippen molar-refractivity contribution in [2.45, 2.75) is 68.2 Å². The van der Waals surface area contributed by atoms with Crippen LogP contribution in [0.5, 0.6) is 0 Å². The molecular weight excluding hydrogens is 495 g/mol. The lowest BCUT2D eigenvalue weighted by molar-refractivity contribution is -0.156. The highest BCUT2D eigenvalue weighted by molar-refractivity contribution is 7.98. The van der Waals surface area contributed by atoms with Crippen LogP contribution in [0, 0.1) is 23.2 Å². The van der Waals surface area contributed by atoms with Gasteiger partial charge in [-0.25, -0.2) is 0 Å². The van der Waals surface area contributed by atoms with Crippen LogP contribution in [0.25, 0.3) is 0 Å². The molecule has 1 atom stereocenters. The summed E-state index contributed by atoms with van der Waals surface area (Å²) < 4.78 is 48.0. The second kappa shape index (κ2) is 9.64. The Balaban J connectivity index is 1.15. The highest BCUT2D eigenvalue weighted by atomic mass is 32.2. The van der Waals surface area contributed by atoms with Gasteiger partial charge in [0, 0.05) is 24.4 Å². The number of carbonyl (C=O) groups is 1. The second-order valence-electron chi connectivity index (χ2n) is 11.9. The average Bonchev–Trinajstić information content (AvgIpc) is 2.82. The number of hydrogen-bond donors (Lipinski definition) is 0. The van der Waals surface area contributed by atoms with Crippen LogP contribution < -0.4 is 0 Å². The van der Waals surface area contributed by atoms with Crippen LogP contribution in [0.2, 0.25) is 0 Å². The lowest BCUT2D eigenvalue weighted by Gasteiger charge is -2.57. The van der Waals surface area contributed by atoms with E-state index in [0.29, 0.717) is 25.1 Å². The minimum Gasteiger partial charge on any atom is -0.362 e. The van der Waals surface area contributed by atoms with E-state index in [-0.39, 0.29) is 23.0 Å². The maximum Gasteiger partial charge on any atom is 0.416 e. The number of hydrogen-bond acceptors (Lipinski definition) is 3. The molecule has 1 unspecified atom stereocenters. The van der Waals surface area contributed by atoms with Crippen LogP contribution in [-0.2, 0) is 15.7 Å². The zero-order chi connectivity index (χ0) is 25.8. The Morgan fingerprint density at radius 1 is 1.00 bits per heavy atom. The van der Waals surface area contributed by atoms with Crippen LogP contribution in [0.4, 0.5) is 13.2 Å². The van der Waals surface area contributed by atoms with E-state index in [1.165, 1.54) is 50.7 Å². The van der Waals surface area contributed by atoms with Crippen molar-refractivity contribution in [1.82, 2.24) is 4.90 Å². The van der Waals surface area contributed by atoms with Gasteiger partial charge in [0.15, 0.2) is 0 Å². The number of nitrogens with zero attached hydrogens (tertiary/aromatic N) is 1. The number of halogens is 3. The van der Waals surface area contributed by atoms with Crippen molar-refractivity contribution in [3.8, 4) is 0 Å². The molecule has 4 aliphatic carbocycles. The van der Waals surface area contributed by atoms with Crippen molar-refractivity contribution in [1.29, 1.82) is 0 Å². The Morgan fingerprint density at radius 3 is 2.16 bits per heavy atom. The third-order valence-electron chi connectivity index (χ3n) is 9.19. The summed E-state index contributed by atoms with van der Waals surface area (Å²) in [7, 11) is 0. The standard InChI is InChI=1S/C30H34F3NO2S/c1-37-24-8-6-22(7-9-24)28(25-4-2-3-5-26(25)30(31,32)33)36-23-17-34(18-23)27(35)16-29-13-19-10-20(14-29)12-21(11-19)15-29/h2-9,19-21,23,28H,10-18H2,1H3. The smallest absolute Gasteiger partial charge is 0.362 e. The monoisotopic (exact) mass is 529 g/mol. The van der Waals surface area contributed by atoms with Crippen LogP contribution in [0.1, 0.15) is 67.7 Å². The van der Waals surface area contributed by atoms with Crippen molar-refractivity contribution in [3.05, 3.63) is 65.2 Å². The van der Waals surface area contributed by atoms with Gasteiger partial charge in [0.1, 0.15) is 6.10 Å². The molecule has 4 bridgehead atoms. The van der Waals surface area contributed by atoms with Crippen molar-refractivity contribution in [2.75, 3.05) is 19.3 Å². The minimum absolute atomic E-state index is 0.116. The fraction of sp³-hybridized carbons (Fsp3) is 0.567. The largest absolute Gasteiger partial charge is 0.416 e. The summed E-state index contributed by atoms with van der Waals surface area (Å²) in [6, 6.07) is 13.2. The first kappa shape index (κ1) is 25.3. The van der Waals surface area contributed by atoms with Crippen LogP contribution in [0.3, 0.4) is 0 Å². The zero-order valence-electron chi connectivity index (χ0n) is 21.2. The Morgan fingerprint density at radius 2 is 1.59 bits per heavy atom. The molecule has 0 spiro atoms. The molecule has 2 aromatic rings. The number of alkyl halides is 3. The summed E-state index contributed by atoms with van der Waals surface area (Å²) in [6.07, 6.45) is 4.62. The SMILES string of the molecule is CSc1ccc(C(OC2CN(C(=O)CC34CC5CC(CC(C5)C3)C4)C2)c2ccccc2C(F)(F)F)cc1. The van der Waals surface area contributed by atoms with Gasteiger partial charge in [-0.05, 0) is 97.3 Å². The molecule has 0 radical (unpaired) electrons. The van der Waals surface area contributed by atoms with Gasteiger partial charge in [-0.2, -0.15) is 13.2 Å². The molecule has 5 fully saturated rings. The molecule has 7 rings (SSSR count). The lowest BCUT2D eigenvalue weighted by Crippen LogP contribution is -2.57. The summed E-state index contributed by atoms with van der Waals surface area (Å²) >= 11 is 1.58. The van der Waals surface area contributed by atoms with Gasteiger partial charge < -0.3 is 9.64 Å². The number of benzene rings is 2. The summed E-state index contributed by atoms with van der Waals surface area (Å²) in [5, 5.41) is 0. The molecule has 0 N–H and O–H groups in total. The molecule has 0 aromatic heterocycles. The van der Waals surface area contributed by atoms with Gasteiger partial charge in [-0.1, -0.05) is 30.3 Å². The Labute approximate surface area is 221 Å². The van der Waals surface area contributed by atoms with Gasteiger partial charge in [0.25, 0.3) is 0 Å². The summed E-state index contributed by atoms with van der Waals surface area (Å²) in [4.78, 5) is 16.1. The number of carbonyl (C=O) groups excluding carboxylic acids is 1. The summed E-state index contributed by atoms with van der Waals surface area (Å²) in [6.45, 7) is 0.886. The average molecular weight is 530 g/mol. The number of rotatable bonds is 7. The Kier molecular flexibility index (Phi) is 6.59. The van der Waals surface area contributed by atoms with E-state index in [2.05, 4.69) is 0 Å². The molecule has 198 valence electrons. The highest BCUT2D eigenvalue weighted by Crippen LogP contribution is 2.61. The topological polar surface area (TPSA) is 29.5 Å². The van der Waals surface area contributed by atoms with E-state index in [1.54, 1.807) is 17.8 Å². The molecule has 1 aliphatic heterocycles. The van der Waals surface area contributed by atoms with E-state index >= 15 is 0 Å². The van der Waals surface area contributed by atoms with Crippen LogP contribution in [-0.4, -0.2) is 36.3 Å². The molecule has 1 heterocycles. The first-order chi connectivity index (χ1) is 17.7. The van der Waals surface area contributed by atoms with Gasteiger partial charge >= 0.3 is 6.18 Å². The zero-order valence-corrected chi connectivity index (χ0v) is 22.0. The number of likely N-dealkylation sites (tertiary alicyclic amines) is 1. The molecule has 2 aromatic carbocycles. The molecule has 5 aliphatic rings. The highest BCUT2D eigenvalue weighted by Gasteiger charge is 2.52. The van der Waals surface area contributed by atoms with E-state index in [0.717, 1.165) is 28.7 Å². The van der Waals surface area contributed by atoms with Crippen LogP contribution >= 0.6 is 11.8 Å². The summed E-state index contributed by atoms with van der Waals surface area (Å²) in [5.74, 6) is 2.61. The van der Waals surface area contributed by atoms with Gasteiger partial charge in [-0.15, -0.1) is 11.8 Å². The predicted molar refractivity (Wildman–Crippen MR) is 138 cm³/mol. The van der Waals surface area contributed by atoms with Gasteiger partial charge in [0.05, 0.1) is 11.7 Å². The molecule has 37 heavy (non-hydrogen) atoms. The van der Waals surface area contributed by atoms with Crippen molar-refractivity contribution < 1.29 is 22.7 Å². The van der Waals surface area contributed by atoms with Gasteiger partial charge in [0.2, 0.25) is 5.91 Å². The number of thioether (sulfide) groups is 1. The Hall–Kier alpha value is -1.99. The van der Waals surface area contributed by atoms with Gasteiger partial charge in [-0.3, -0.25) is 4.79 Å². The van der Waals surface area contributed by atoms with E-state index in [4.69, 9.17) is 4.74 Å². The third-order valence-corrected chi connectivity index (χ3v) is 9.93. The molecule has 7 heteroatoms. The normalized spacial score (nSPS) is 29.8. The van der Waals surface area contributed by atoms with Crippen LogP contribution in [0.15, 0.2) is 53.4 Å². The molecular formula is C30H34F3NO2S. The number of ether oxygens (including phenoxy) is 1. The maximum atomic E-state index is 13.9. The van der Waals surface area contributed by atoms with E-state index in [1.807, 2.05) is 35.4 Å². The number of amides is 1. The first-order valence-electron chi connectivity index (χ1n) is 13.4. The molecule has 3 nitrogen and oxygen atoms in total. The first-order valence-corrected chi connectivity index (χ1v) is 14.7. The van der Waals surface area contributed by atoms with Crippen molar-refractivity contribution in [3.63, 3.8) is 0 Å². The van der Waals surface area contributed by atoms with Crippen molar-refractivity contribution >= 4 is 17.7 Å². The lowest BCUT2D eigenvalue weighted by atomic mass is 9.49. The summed E-state index contributed by atoms with van der Waals surface area (Å²) in [5.41, 5.74) is 0.312. The predicted octanol–water partition coefficient (Wildman–Crippen LogP) is 7.35. The molecule has 4 saturated carbocycles. The quantitative estimate of drug-likeness (QED) is 0.351. The third kappa shape index (κ3) is 5.06. The second-order valence-corrected chi connectivity index (χ2v) is 12.8. The minimum atomic E-state index is -4.48.